The number of hydrogen-bond donors (Lipinski definition) is 10. The Morgan fingerprint density at radius 2 is 0.440 bits per heavy atom. The van der Waals surface area contributed by atoms with Gasteiger partial charge in [-0.25, -0.2) is 96.3 Å². The van der Waals surface area contributed by atoms with Crippen molar-refractivity contribution in [1.82, 2.24) is 97.6 Å². The fourth-order valence-electron chi connectivity index (χ4n) is 15.6. The van der Waals surface area contributed by atoms with E-state index in [0.717, 1.165) is 67.8 Å². The molecule has 10 heterocycles. The molecule has 0 aliphatic heterocycles. The predicted molar refractivity (Wildman–Crippen MR) is 571 cm³/mol. The lowest BCUT2D eigenvalue weighted by Crippen LogP contribution is -2.16. The highest BCUT2D eigenvalue weighted by molar-refractivity contribution is 7.92. The molecule has 0 atom stereocenters. The van der Waals surface area contributed by atoms with Crippen LogP contribution in [-0.4, -0.2) is 169 Å². The maximum atomic E-state index is 13.1. The molecule has 10 aromatic heterocycles. The first kappa shape index (κ1) is 101. The molecule has 0 saturated heterocycles. The number of anilines is 5. The van der Waals surface area contributed by atoms with Crippen molar-refractivity contribution >= 4 is 147 Å². The lowest BCUT2D eigenvalue weighted by molar-refractivity contribution is -0.115. The van der Waals surface area contributed by atoms with Gasteiger partial charge in [-0.15, -0.1) is 0 Å². The number of aromatic nitrogens is 20. The van der Waals surface area contributed by atoms with Crippen molar-refractivity contribution < 1.29 is 50.4 Å². The summed E-state index contributed by atoms with van der Waals surface area (Å²) in [4.78, 5) is 151. The van der Waals surface area contributed by atoms with E-state index in [-0.39, 0.29) is 114 Å². The second-order valence-electron chi connectivity index (χ2n) is 33.9. The van der Waals surface area contributed by atoms with E-state index in [1.54, 1.807) is 82.9 Å². The normalized spacial score (nSPS) is 11.1. The molecule has 150 heavy (non-hydrogen) atoms. The number of amides is 7. The summed E-state index contributed by atoms with van der Waals surface area (Å²) in [6.45, 7) is 12.6. The Morgan fingerprint density at radius 1 is 0.247 bits per heavy atom. The number of rotatable bonds is 23. The fourth-order valence-corrected chi connectivity index (χ4v) is 17.1. The Morgan fingerprint density at radius 3 is 0.647 bits per heavy atom. The number of benzene rings is 11. The van der Waals surface area contributed by atoms with Gasteiger partial charge in [-0.2, -0.15) is 0 Å². The molecule has 11 aromatic carbocycles. The van der Waals surface area contributed by atoms with E-state index >= 15 is 0 Å². The Balaban J connectivity index is 0.000000128. The lowest BCUT2D eigenvalue weighted by atomic mass is 10.1. The molecule has 748 valence electrons. The van der Waals surface area contributed by atoms with E-state index in [4.69, 9.17) is 33.7 Å². The maximum Gasteiger partial charge on any atom is 0.269 e. The monoisotopic (exact) mass is 2040 g/mol. The van der Waals surface area contributed by atoms with Gasteiger partial charge in [-0.3, -0.25) is 71.8 Å². The van der Waals surface area contributed by atoms with Gasteiger partial charge < -0.3 is 34.0 Å². The average Bonchev–Trinajstić information content (AvgIpc) is 1.62. The van der Waals surface area contributed by atoms with Gasteiger partial charge >= 0.3 is 0 Å². The summed E-state index contributed by atoms with van der Waals surface area (Å²) in [5.41, 5.74) is 43.2. The fraction of sp³-hybridized carbons (Fsp3) is 0.0841. The SMILES string of the molecule is CC(=O)Nc1nc2c(C(N)=O)nc(-c3ccc(C)cc3)nc2n1-c1ccccc1.CC(=O)Nc1nc2c(C(N)=O)nc(-c3ccc(C)cc3)nc2n1-c1ccccc1.CNc1nc2c(C(N)=O)nc(-c3ccc(C)cc3)nc2n1-c1ccccc1.Cc1ccc(-c2nc(C(N)=O)c3nc(NS(=O)(=O)c4ccccc4)n(-c4ccccc4)c3n2)cc1.Cc1ccc(-c2nc(C(N)=O)c3nc(NS(C)(=O)=O)n(-c4ccccc4)c3n2)cc1. The molecule has 21 aromatic rings. The molecule has 0 saturated carbocycles. The molecule has 43 heteroatoms. The summed E-state index contributed by atoms with van der Waals surface area (Å²) in [6.07, 6.45) is 1.01. The topological polar surface area (TPSA) is 596 Å². The van der Waals surface area contributed by atoms with E-state index in [2.05, 4.69) is 95.2 Å². The summed E-state index contributed by atoms with van der Waals surface area (Å²) in [7, 11) is -5.88. The van der Waals surface area contributed by atoms with Crippen molar-refractivity contribution in [3.63, 3.8) is 0 Å². The zero-order valence-electron chi connectivity index (χ0n) is 81.5. The number of para-hydroxylation sites is 5. The molecule has 0 aliphatic rings. The molecule has 41 nitrogen and oxygen atoms in total. The van der Waals surface area contributed by atoms with E-state index in [0.29, 0.717) is 68.4 Å². The minimum Gasteiger partial charge on any atom is -0.364 e. The van der Waals surface area contributed by atoms with Gasteiger partial charge in [0.1, 0.15) is 27.6 Å². The Bertz CT molecular complexity index is 8830. The predicted octanol–water partition coefficient (Wildman–Crippen LogP) is 14.6. The molecule has 0 bridgehead atoms. The van der Waals surface area contributed by atoms with Crippen LogP contribution in [0.1, 0.15) is 94.1 Å². The van der Waals surface area contributed by atoms with Crippen LogP contribution in [0.2, 0.25) is 0 Å². The van der Waals surface area contributed by atoms with Crippen LogP contribution in [0, 0.1) is 34.6 Å². The minimum atomic E-state index is -3.99. The Hall–Kier alpha value is -20.2. The Kier molecular flexibility index (Phi) is 29.1. The quantitative estimate of drug-likeness (QED) is 0.0284. The van der Waals surface area contributed by atoms with Crippen LogP contribution < -0.4 is 54.1 Å². The zero-order chi connectivity index (χ0) is 106. The number of sulfonamides is 2. The number of hydrogen-bond acceptors (Lipinski definition) is 27. The van der Waals surface area contributed by atoms with Crippen LogP contribution in [0.25, 0.3) is 141 Å². The number of primary amides is 5. The van der Waals surface area contributed by atoms with E-state index < -0.39 is 49.6 Å². The van der Waals surface area contributed by atoms with Crippen LogP contribution >= 0.6 is 0 Å². The summed E-state index contributed by atoms with van der Waals surface area (Å²) in [5.74, 6) is -1.68. The molecule has 7 amide bonds. The van der Waals surface area contributed by atoms with Gasteiger partial charge in [0, 0.05) is 48.7 Å². The van der Waals surface area contributed by atoms with Gasteiger partial charge in [0.05, 0.1) is 39.6 Å². The van der Waals surface area contributed by atoms with Crippen LogP contribution in [0.3, 0.4) is 0 Å². The number of imidazole rings is 5. The van der Waals surface area contributed by atoms with E-state index in [1.165, 1.54) is 35.1 Å². The first-order chi connectivity index (χ1) is 72.0. The molecule has 0 aliphatic carbocycles. The molecule has 0 unspecified atom stereocenters. The molecule has 0 spiro atoms. The van der Waals surface area contributed by atoms with Crippen LogP contribution in [0.4, 0.5) is 29.7 Å². The highest BCUT2D eigenvalue weighted by Gasteiger charge is 2.31. The molecular weight excluding hydrogens is 1950 g/mol. The van der Waals surface area contributed by atoms with Crippen molar-refractivity contribution in [2.24, 2.45) is 28.7 Å². The third kappa shape index (κ3) is 22.2. The second kappa shape index (κ2) is 43.1. The summed E-state index contributed by atoms with van der Waals surface area (Å²) < 4.78 is 63.2. The molecule has 21 rings (SSSR count). The van der Waals surface area contributed by atoms with Crippen molar-refractivity contribution in [2.75, 3.05) is 38.7 Å². The summed E-state index contributed by atoms with van der Waals surface area (Å²) >= 11 is 0. The first-order valence-corrected chi connectivity index (χ1v) is 49.3. The number of carbonyl (C=O) groups excluding carboxylic acids is 7. The zero-order valence-corrected chi connectivity index (χ0v) is 83.1. The highest BCUT2D eigenvalue weighted by atomic mass is 32.2. The van der Waals surface area contributed by atoms with Crippen molar-refractivity contribution in [1.29, 1.82) is 0 Å². The van der Waals surface area contributed by atoms with Crippen molar-refractivity contribution in [3.05, 3.63) is 360 Å². The number of nitrogens with zero attached hydrogens (tertiary/aromatic N) is 20. The van der Waals surface area contributed by atoms with Gasteiger partial charge in [0.2, 0.25) is 51.6 Å². The smallest absolute Gasteiger partial charge is 0.269 e. The molecule has 15 N–H and O–H groups in total. The second-order valence-corrected chi connectivity index (χ2v) is 37.4. The van der Waals surface area contributed by atoms with E-state index in [1.807, 2.05) is 264 Å². The van der Waals surface area contributed by atoms with E-state index in [9.17, 15) is 50.4 Å². The highest BCUT2D eigenvalue weighted by Crippen LogP contribution is 2.37. The molecule has 0 radical (unpaired) electrons. The van der Waals surface area contributed by atoms with Gasteiger partial charge in [0.25, 0.3) is 39.6 Å². The maximum absolute atomic E-state index is 13.1. The lowest BCUT2D eigenvalue weighted by Gasteiger charge is -2.11. The molecular formula is C107H92N30O11S2. The number of carbonyl (C=O) groups is 7. The third-order valence-electron chi connectivity index (χ3n) is 22.7. The van der Waals surface area contributed by atoms with Crippen molar-refractivity contribution in [2.45, 2.75) is 53.4 Å². The Labute approximate surface area is 855 Å². The average molecular weight is 2040 g/mol. The largest absolute Gasteiger partial charge is 0.364 e. The number of nitrogens with one attached hydrogen (secondary N) is 5. The van der Waals surface area contributed by atoms with Crippen molar-refractivity contribution in [3.8, 4) is 85.4 Å². The third-order valence-corrected chi connectivity index (χ3v) is 24.6. The summed E-state index contributed by atoms with van der Waals surface area (Å²) in [6, 6.07) is 92.1. The first-order valence-electron chi connectivity index (χ1n) is 45.9. The van der Waals surface area contributed by atoms with Gasteiger partial charge in [0.15, 0.2) is 85.8 Å². The van der Waals surface area contributed by atoms with Gasteiger partial charge in [-0.05, 0) is 107 Å². The molecule has 0 fully saturated rings. The van der Waals surface area contributed by atoms with Crippen LogP contribution in [0.15, 0.2) is 308 Å². The summed E-state index contributed by atoms with van der Waals surface area (Å²) in [5, 5.41) is 8.42. The van der Waals surface area contributed by atoms with Crippen LogP contribution in [0.5, 0.6) is 0 Å². The van der Waals surface area contributed by atoms with Crippen LogP contribution in [-0.2, 0) is 29.6 Å². The number of aryl methyl sites for hydroxylation is 5. The standard InChI is InChI=1S/C25H20N6O3S.2C21H18N6O2.C20H18N6O3S.C20H18N6O/c1-16-12-14-17(15-13-16)23-27-20(22(26)32)21-24(29-23)31(18-8-4-2-5-9-18)25(28-21)30-35(33,34)19-10-6-3-7-11-19;2*1-12-8-10-14(11-9-12)19-24-16(18(22)29)17-20(26-19)27(15-6-4-3-5-7-15)21(25-17)23-13(2)28;1-12-8-10-13(11-9-12)18-22-15(17(21)27)16-19(24-18)26(14-6-4-3-5-7-14)20(23-16)25-30(2,28)29;1-12-8-10-13(11-9-12)18-23-15(17(21)27)16-19(25-18)26(20(22-2)24-16)14-6-4-3-5-7-14/h2-15H,1H3,(H2,26,32)(H,28,30);2*3-11H,1-2H3,(H2,22,29)(H,23,25,28);3-11H,1-2H3,(H2,21,27)(H,23,25);3-11H,1-2H3,(H2,21,27)(H,22,24). The van der Waals surface area contributed by atoms with Gasteiger partial charge in [-0.1, -0.05) is 258 Å². The number of nitrogens with two attached hydrogens (primary N) is 5. The minimum absolute atomic E-state index is 0.00754. The number of fused-ring (bicyclic) bond motifs is 5.